The van der Waals surface area contributed by atoms with Crippen molar-refractivity contribution in [2.75, 3.05) is 30.8 Å². The van der Waals surface area contributed by atoms with Crippen molar-refractivity contribution in [1.29, 1.82) is 5.26 Å². The highest BCUT2D eigenvalue weighted by Crippen LogP contribution is 2.35. The first kappa shape index (κ1) is 24.5. The predicted molar refractivity (Wildman–Crippen MR) is 133 cm³/mol. The smallest absolute Gasteiger partial charge is 0.366 e. The number of hydrogen-bond acceptors (Lipinski definition) is 8. The largest absolute Gasteiger partial charge is 0.417 e. The first-order valence-electron chi connectivity index (χ1n) is 11.7. The molecule has 0 radical (unpaired) electrons. The topological polar surface area (TPSA) is 118 Å². The first-order chi connectivity index (χ1) is 17.7. The Morgan fingerprint density at radius 3 is 2.70 bits per heavy atom. The van der Waals surface area contributed by atoms with Crippen LogP contribution in [0.2, 0.25) is 0 Å². The number of likely N-dealkylation sites (N-methyl/N-ethyl adjacent to an activating group) is 1. The predicted octanol–water partition coefficient (Wildman–Crippen LogP) is 4.59. The SMILES string of the molecule is C[C@@H](Nc1ncc(C#N)c(-c2c[nH]c3ncc(C(F)(F)F)cc23)n1)c1ccc(NC2CCN(C)C2)nc1. The number of anilines is 2. The van der Waals surface area contributed by atoms with Crippen LogP contribution in [0.3, 0.4) is 0 Å². The molecule has 0 aromatic carbocycles. The number of halogens is 3. The van der Waals surface area contributed by atoms with Gasteiger partial charge in [-0.2, -0.15) is 18.4 Å². The molecule has 4 aromatic heterocycles. The second kappa shape index (κ2) is 9.67. The number of aromatic amines is 1. The zero-order chi connectivity index (χ0) is 26.2. The summed E-state index contributed by atoms with van der Waals surface area (Å²) in [5.74, 6) is 1.03. The third-order valence-corrected chi connectivity index (χ3v) is 6.40. The van der Waals surface area contributed by atoms with E-state index >= 15 is 0 Å². The van der Waals surface area contributed by atoms with Crippen LogP contribution in [0, 0.1) is 11.3 Å². The van der Waals surface area contributed by atoms with E-state index in [2.05, 4.69) is 47.5 Å². The molecule has 1 aliphatic rings. The van der Waals surface area contributed by atoms with Gasteiger partial charge in [0.15, 0.2) is 0 Å². The van der Waals surface area contributed by atoms with Gasteiger partial charge in [-0.15, -0.1) is 0 Å². The van der Waals surface area contributed by atoms with E-state index in [9.17, 15) is 18.4 Å². The van der Waals surface area contributed by atoms with Crippen LogP contribution >= 0.6 is 0 Å². The van der Waals surface area contributed by atoms with E-state index in [0.29, 0.717) is 11.6 Å². The molecule has 0 saturated carbocycles. The number of nitriles is 1. The van der Waals surface area contributed by atoms with Crippen LogP contribution in [0.5, 0.6) is 0 Å². The Kier molecular flexibility index (Phi) is 6.39. The summed E-state index contributed by atoms with van der Waals surface area (Å²) in [5, 5.41) is 16.4. The van der Waals surface area contributed by atoms with Gasteiger partial charge in [-0.25, -0.2) is 19.9 Å². The average Bonchev–Trinajstić information content (AvgIpc) is 3.49. The summed E-state index contributed by atoms with van der Waals surface area (Å²) in [5.41, 5.74) is 0.945. The van der Waals surface area contributed by atoms with Gasteiger partial charge in [-0.3, -0.25) is 0 Å². The van der Waals surface area contributed by atoms with Crippen LogP contribution in [0.4, 0.5) is 24.9 Å². The minimum atomic E-state index is -4.55. The minimum Gasteiger partial charge on any atom is -0.366 e. The lowest BCUT2D eigenvalue weighted by molar-refractivity contribution is -0.137. The van der Waals surface area contributed by atoms with E-state index in [1.807, 2.05) is 25.1 Å². The maximum absolute atomic E-state index is 13.3. The molecule has 0 spiro atoms. The molecule has 1 aliphatic heterocycles. The summed E-state index contributed by atoms with van der Waals surface area (Å²) < 4.78 is 39.8. The third kappa shape index (κ3) is 5.17. The van der Waals surface area contributed by atoms with E-state index in [1.54, 1.807) is 6.20 Å². The van der Waals surface area contributed by atoms with Crippen molar-refractivity contribution in [2.45, 2.75) is 31.6 Å². The zero-order valence-corrected chi connectivity index (χ0v) is 20.1. The summed E-state index contributed by atoms with van der Waals surface area (Å²) in [6, 6.07) is 7.05. The molecule has 0 bridgehead atoms. The lowest BCUT2D eigenvalue weighted by Gasteiger charge is -2.17. The van der Waals surface area contributed by atoms with Gasteiger partial charge >= 0.3 is 6.18 Å². The molecule has 1 fully saturated rings. The van der Waals surface area contributed by atoms with Crippen LogP contribution in [0.25, 0.3) is 22.3 Å². The number of rotatable bonds is 6. The van der Waals surface area contributed by atoms with Gasteiger partial charge in [0.2, 0.25) is 5.95 Å². The molecule has 12 heteroatoms. The molecule has 0 amide bonds. The Balaban J connectivity index is 1.38. The maximum Gasteiger partial charge on any atom is 0.417 e. The maximum atomic E-state index is 13.3. The standard InChI is InChI=1S/C25H24F3N9/c1-14(15-3-4-21(30-9-15)35-18-5-6-37(2)13-18)34-24-33-10-16(8-29)22(36-24)20-12-32-23-19(20)7-17(11-31-23)25(26,27)28/h3-4,7,9-12,14,18H,5-6,13H2,1-2H3,(H,30,35)(H,31,32)(H,33,34,36)/t14-,18?/m1/s1. The minimum absolute atomic E-state index is 0.131. The van der Waals surface area contributed by atoms with Crippen LogP contribution in [-0.2, 0) is 6.18 Å². The van der Waals surface area contributed by atoms with Crippen molar-refractivity contribution in [2.24, 2.45) is 0 Å². The van der Waals surface area contributed by atoms with Crippen molar-refractivity contribution >= 4 is 22.8 Å². The molecule has 1 unspecified atom stereocenters. The highest BCUT2D eigenvalue weighted by Gasteiger charge is 2.31. The van der Waals surface area contributed by atoms with Crippen molar-refractivity contribution in [3.63, 3.8) is 0 Å². The molecule has 9 nitrogen and oxygen atoms in total. The van der Waals surface area contributed by atoms with Gasteiger partial charge in [-0.1, -0.05) is 6.07 Å². The summed E-state index contributed by atoms with van der Waals surface area (Å²) >= 11 is 0. The second-order valence-electron chi connectivity index (χ2n) is 9.12. The number of nitrogens with zero attached hydrogens (tertiary/aromatic N) is 6. The molecule has 37 heavy (non-hydrogen) atoms. The monoisotopic (exact) mass is 507 g/mol. The quantitative estimate of drug-likeness (QED) is 0.347. The van der Waals surface area contributed by atoms with Crippen molar-refractivity contribution < 1.29 is 13.2 Å². The summed E-state index contributed by atoms with van der Waals surface area (Å²) in [7, 11) is 2.09. The van der Waals surface area contributed by atoms with Crippen LogP contribution < -0.4 is 10.6 Å². The Morgan fingerprint density at radius 2 is 2.03 bits per heavy atom. The fourth-order valence-electron chi connectivity index (χ4n) is 4.38. The van der Waals surface area contributed by atoms with E-state index in [0.717, 1.165) is 43.2 Å². The van der Waals surface area contributed by atoms with E-state index < -0.39 is 11.7 Å². The Bertz CT molecular complexity index is 1460. The number of aromatic nitrogens is 5. The molecule has 3 N–H and O–H groups in total. The van der Waals surface area contributed by atoms with E-state index in [4.69, 9.17) is 0 Å². The molecular weight excluding hydrogens is 483 g/mol. The number of pyridine rings is 2. The number of nitrogens with one attached hydrogen (secondary N) is 3. The van der Waals surface area contributed by atoms with Gasteiger partial charge in [0, 0.05) is 42.1 Å². The third-order valence-electron chi connectivity index (χ3n) is 6.40. The van der Waals surface area contributed by atoms with Crippen molar-refractivity contribution in [3.8, 4) is 17.3 Å². The Labute approximate surface area is 210 Å². The summed E-state index contributed by atoms with van der Waals surface area (Å²) in [6.07, 6.45) is 1.90. The molecule has 0 aliphatic carbocycles. The number of H-pyrrole nitrogens is 1. The Morgan fingerprint density at radius 1 is 1.19 bits per heavy atom. The lowest BCUT2D eigenvalue weighted by atomic mass is 10.1. The number of alkyl halides is 3. The van der Waals surface area contributed by atoms with E-state index in [-0.39, 0.29) is 34.3 Å². The summed E-state index contributed by atoms with van der Waals surface area (Å²) in [4.78, 5) is 22.2. The molecule has 4 aromatic rings. The van der Waals surface area contributed by atoms with Crippen LogP contribution in [0.15, 0.2) is 43.0 Å². The fourth-order valence-corrected chi connectivity index (χ4v) is 4.38. The fraction of sp³-hybridized carbons (Fsp3) is 0.320. The van der Waals surface area contributed by atoms with Crippen LogP contribution in [-0.4, -0.2) is 56.0 Å². The van der Waals surface area contributed by atoms with Crippen LogP contribution in [0.1, 0.15) is 36.1 Å². The zero-order valence-electron chi connectivity index (χ0n) is 20.1. The number of hydrogen-bond donors (Lipinski definition) is 3. The molecule has 5 heterocycles. The highest BCUT2D eigenvalue weighted by molar-refractivity contribution is 5.94. The van der Waals surface area contributed by atoms with E-state index in [1.165, 1.54) is 12.4 Å². The van der Waals surface area contributed by atoms with Gasteiger partial charge in [0.25, 0.3) is 0 Å². The second-order valence-corrected chi connectivity index (χ2v) is 9.12. The first-order valence-corrected chi connectivity index (χ1v) is 11.7. The number of likely N-dealkylation sites (tertiary alicyclic amines) is 1. The molecule has 2 atom stereocenters. The molecule has 1 saturated heterocycles. The lowest BCUT2D eigenvalue weighted by Crippen LogP contribution is -2.24. The van der Waals surface area contributed by atoms with Gasteiger partial charge < -0.3 is 20.5 Å². The van der Waals surface area contributed by atoms with Gasteiger partial charge in [0.05, 0.1) is 29.1 Å². The molecule has 5 rings (SSSR count). The molecular formula is C25H24F3N9. The molecule has 190 valence electrons. The Hall–Kier alpha value is -4.24. The highest BCUT2D eigenvalue weighted by atomic mass is 19.4. The summed E-state index contributed by atoms with van der Waals surface area (Å²) in [6.45, 7) is 3.95. The van der Waals surface area contributed by atoms with Crippen molar-refractivity contribution in [1.82, 2.24) is 29.8 Å². The van der Waals surface area contributed by atoms with Gasteiger partial charge in [0.1, 0.15) is 17.5 Å². The number of fused-ring (bicyclic) bond motifs is 1. The normalized spacial score (nSPS) is 17.0. The van der Waals surface area contributed by atoms with Gasteiger partial charge in [-0.05, 0) is 44.6 Å². The average molecular weight is 508 g/mol. The van der Waals surface area contributed by atoms with Crippen molar-refractivity contribution in [3.05, 3.63) is 59.7 Å².